The van der Waals surface area contributed by atoms with Crippen molar-refractivity contribution < 1.29 is 9.53 Å². The Morgan fingerprint density at radius 2 is 2.25 bits per heavy atom. The number of hydrogen-bond acceptors (Lipinski definition) is 4. The second-order valence-corrected chi connectivity index (χ2v) is 1.77. The lowest BCUT2D eigenvalue weighted by atomic mass is 10.2. The van der Waals surface area contributed by atoms with Crippen LogP contribution in [0.2, 0.25) is 0 Å². The number of hydrogen-bond donors (Lipinski definition) is 2. The zero-order chi connectivity index (χ0) is 6.15. The van der Waals surface area contributed by atoms with Gasteiger partial charge in [-0.25, -0.2) is 0 Å². The summed E-state index contributed by atoms with van der Waals surface area (Å²) in [4.78, 5) is 10.5. The molecule has 0 aromatic rings. The molecular formula is C4H8N2O2. The molecule has 1 rings (SSSR count). The summed E-state index contributed by atoms with van der Waals surface area (Å²) >= 11 is 0. The SMILES string of the molecule is NC1OCC(=O)C1N. The molecule has 0 radical (unpaired) electrons. The van der Waals surface area contributed by atoms with E-state index >= 15 is 0 Å². The fraction of sp³-hybridized carbons (Fsp3) is 0.750. The normalized spacial score (nSPS) is 38.5. The minimum absolute atomic E-state index is 0.0718. The molecule has 2 atom stereocenters. The van der Waals surface area contributed by atoms with E-state index in [1.807, 2.05) is 0 Å². The van der Waals surface area contributed by atoms with Gasteiger partial charge in [0, 0.05) is 0 Å². The molecule has 0 spiro atoms. The highest BCUT2D eigenvalue weighted by molar-refractivity contribution is 5.87. The van der Waals surface area contributed by atoms with Crippen molar-refractivity contribution in [3.05, 3.63) is 0 Å². The predicted molar refractivity (Wildman–Crippen MR) is 26.9 cm³/mol. The van der Waals surface area contributed by atoms with Crippen LogP contribution in [0.3, 0.4) is 0 Å². The summed E-state index contributed by atoms with van der Waals surface area (Å²) in [5.41, 5.74) is 10.4. The summed E-state index contributed by atoms with van der Waals surface area (Å²) < 4.78 is 4.68. The summed E-state index contributed by atoms with van der Waals surface area (Å²) in [6.45, 7) is 0.0718. The van der Waals surface area contributed by atoms with Gasteiger partial charge in [-0.2, -0.15) is 0 Å². The molecule has 0 bridgehead atoms. The number of rotatable bonds is 0. The van der Waals surface area contributed by atoms with E-state index in [0.29, 0.717) is 0 Å². The van der Waals surface area contributed by atoms with Gasteiger partial charge in [0.05, 0.1) is 0 Å². The first-order valence-electron chi connectivity index (χ1n) is 2.37. The fourth-order valence-corrected chi connectivity index (χ4v) is 0.561. The minimum Gasteiger partial charge on any atom is -0.354 e. The molecule has 0 amide bonds. The lowest BCUT2D eigenvalue weighted by Gasteiger charge is -2.03. The Hall–Kier alpha value is -0.450. The molecule has 4 N–H and O–H groups in total. The standard InChI is InChI=1S/C4H8N2O2/c5-3-2(7)1-8-4(3)6/h3-4H,1,5-6H2. The summed E-state index contributed by atoms with van der Waals surface area (Å²) in [5, 5.41) is 0. The summed E-state index contributed by atoms with van der Waals surface area (Å²) in [5.74, 6) is -0.113. The first kappa shape index (κ1) is 5.68. The predicted octanol–water partition coefficient (Wildman–Crippen LogP) is -1.80. The first-order chi connectivity index (χ1) is 3.72. The van der Waals surface area contributed by atoms with Gasteiger partial charge in [-0.3, -0.25) is 4.79 Å². The molecule has 0 aromatic heterocycles. The van der Waals surface area contributed by atoms with Crippen LogP contribution in [0, 0.1) is 0 Å². The van der Waals surface area contributed by atoms with E-state index in [9.17, 15) is 4.79 Å². The van der Waals surface area contributed by atoms with Crippen LogP contribution >= 0.6 is 0 Å². The molecule has 8 heavy (non-hydrogen) atoms. The highest BCUT2D eigenvalue weighted by Gasteiger charge is 2.28. The van der Waals surface area contributed by atoms with Crippen molar-refractivity contribution in [1.29, 1.82) is 0 Å². The highest BCUT2D eigenvalue weighted by Crippen LogP contribution is 2.00. The van der Waals surface area contributed by atoms with E-state index in [1.165, 1.54) is 0 Å². The Balaban J connectivity index is 2.56. The summed E-state index contributed by atoms with van der Waals surface area (Å²) in [6.07, 6.45) is -0.581. The zero-order valence-corrected chi connectivity index (χ0v) is 4.33. The van der Waals surface area contributed by atoms with Crippen molar-refractivity contribution in [2.24, 2.45) is 11.5 Å². The van der Waals surface area contributed by atoms with Crippen LogP contribution in [0.1, 0.15) is 0 Å². The van der Waals surface area contributed by atoms with Crippen molar-refractivity contribution in [2.45, 2.75) is 12.3 Å². The average molecular weight is 116 g/mol. The Morgan fingerprint density at radius 3 is 2.38 bits per heavy atom. The van der Waals surface area contributed by atoms with Crippen molar-refractivity contribution in [3.63, 3.8) is 0 Å². The lowest BCUT2D eigenvalue weighted by molar-refractivity contribution is -0.118. The van der Waals surface area contributed by atoms with Crippen LogP contribution in [0.25, 0.3) is 0 Å². The second-order valence-electron chi connectivity index (χ2n) is 1.77. The monoisotopic (exact) mass is 116 g/mol. The molecule has 4 heteroatoms. The lowest BCUT2D eigenvalue weighted by Crippen LogP contribution is -2.41. The van der Waals surface area contributed by atoms with Gasteiger partial charge in [0.1, 0.15) is 18.9 Å². The van der Waals surface area contributed by atoms with Crippen LogP contribution in [0.5, 0.6) is 0 Å². The molecule has 0 saturated carbocycles. The molecule has 1 heterocycles. The van der Waals surface area contributed by atoms with Gasteiger partial charge in [-0.15, -0.1) is 0 Å². The summed E-state index contributed by atoms with van der Waals surface area (Å²) in [6, 6.07) is -0.602. The number of carbonyl (C=O) groups is 1. The molecule has 1 fully saturated rings. The molecule has 0 aromatic carbocycles. The van der Waals surface area contributed by atoms with Gasteiger partial charge in [0.15, 0.2) is 5.78 Å². The third-order valence-electron chi connectivity index (χ3n) is 1.14. The van der Waals surface area contributed by atoms with E-state index in [0.717, 1.165) is 0 Å². The topological polar surface area (TPSA) is 78.3 Å². The van der Waals surface area contributed by atoms with Gasteiger partial charge < -0.3 is 16.2 Å². The molecule has 1 aliphatic heterocycles. The average Bonchev–Trinajstić information content (AvgIpc) is 1.98. The van der Waals surface area contributed by atoms with Crippen molar-refractivity contribution in [1.82, 2.24) is 0 Å². The van der Waals surface area contributed by atoms with Crippen LogP contribution < -0.4 is 11.5 Å². The summed E-state index contributed by atoms with van der Waals surface area (Å²) in [7, 11) is 0. The minimum atomic E-state index is -0.602. The fourth-order valence-electron chi connectivity index (χ4n) is 0.561. The van der Waals surface area contributed by atoms with E-state index < -0.39 is 12.3 Å². The van der Waals surface area contributed by atoms with Crippen LogP contribution in [0.15, 0.2) is 0 Å². The van der Waals surface area contributed by atoms with Gasteiger partial charge in [0.25, 0.3) is 0 Å². The van der Waals surface area contributed by atoms with Crippen molar-refractivity contribution >= 4 is 5.78 Å². The number of Topliss-reactive ketones (excluding diaryl/α,β-unsaturated/α-hetero) is 1. The maximum atomic E-state index is 10.5. The maximum Gasteiger partial charge on any atom is 0.179 e. The number of ketones is 1. The van der Waals surface area contributed by atoms with E-state index in [-0.39, 0.29) is 12.4 Å². The van der Waals surface area contributed by atoms with Gasteiger partial charge >= 0.3 is 0 Å². The largest absolute Gasteiger partial charge is 0.354 e. The van der Waals surface area contributed by atoms with E-state index in [1.54, 1.807) is 0 Å². The Bertz CT molecular complexity index is 115. The Labute approximate surface area is 46.8 Å². The van der Waals surface area contributed by atoms with Crippen LogP contribution in [0.4, 0.5) is 0 Å². The Kier molecular flexibility index (Phi) is 1.29. The van der Waals surface area contributed by atoms with E-state index in [4.69, 9.17) is 11.5 Å². The first-order valence-corrected chi connectivity index (χ1v) is 2.37. The molecule has 1 aliphatic rings. The van der Waals surface area contributed by atoms with Crippen molar-refractivity contribution in [2.75, 3.05) is 6.61 Å². The van der Waals surface area contributed by atoms with Crippen LogP contribution in [-0.4, -0.2) is 24.7 Å². The quantitative estimate of drug-likeness (QED) is 0.391. The van der Waals surface area contributed by atoms with Crippen molar-refractivity contribution in [3.8, 4) is 0 Å². The van der Waals surface area contributed by atoms with Gasteiger partial charge in [0.2, 0.25) is 0 Å². The molecule has 4 nitrogen and oxygen atoms in total. The number of carbonyl (C=O) groups excluding carboxylic acids is 1. The third kappa shape index (κ3) is 0.730. The molecule has 2 unspecified atom stereocenters. The number of nitrogens with two attached hydrogens (primary N) is 2. The van der Waals surface area contributed by atoms with Gasteiger partial charge in [-0.1, -0.05) is 0 Å². The number of ether oxygens (including phenoxy) is 1. The second kappa shape index (κ2) is 1.81. The highest BCUT2D eigenvalue weighted by atomic mass is 16.5. The molecule has 1 saturated heterocycles. The molecule has 0 aliphatic carbocycles. The zero-order valence-electron chi connectivity index (χ0n) is 4.33. The smallest absolute Gasteiger partial charge is 0.179 e. The molecule has 46 valence electrons. The van der Waals surface area contributed by atoms with Crippen LogP contribution in [-0.2, 0) is 9.53 Å². The van der Waals surface area contributed by atoms with Gasteiger partial charge in [-0.05, 0) is 0 Å². The third-order valence-corrected chi connectivity index (χ3v) is 1.14. The Morgan fingerprint density at radius 1 is 1.62 bits per heavy atom. The van der Waals surface area contributed by atoms with E-state index in [2.05, 4.69) is 4.74 Å². The molecular weight excluding hydrogens is 108 g/mol. The maximum absolute atomic E-state index is 10.5.